The molecule has 4 rings (SSSR count). The number of hydrogen-bond acceptors (Lipinski definition) is 9. The summed E-state index contributed by atoms with van der Waals surface area (Å²) in [7, 11) is -3.03. The quantitative estimate of drug-likeness (QED) is 0.400. The fraction of sp³-hybridized carbons (Fsp3) is 0.609. The number of halogens is 1. The highest BCUT2D eigenvalue weighted by Crippen LogP contribution is 2.33. The van der Waals surface area contributed by atoms with Crippen molar-refractivity contribution in [2.75, 3.05) is 43.0 Å². The van der Waals surface area contributed by atoms with Crippen LogP contribution in [-0.4, -0.2) is 75.5 Å². The SMILES string of the molecule is CC(=O)N(C[C@H]1CN(c2ccc(C3CCS(=O)(=O)CC3)c(F)c2)CO1)C(=O)OCOC(=O)C1CC1. The van der Waals surface area contributed by atoms with Gasteiger partial charge < -0.3 is 19.1 Å². The average Bonchev–Trinajstić information content (AvgIpc) is 3.55. The number of rotatable bonds is 7. The third kappa shape index (κ3) is 6.49. The van der Waals surface area contributed by atoms with Gasteiger partial charge in [0.15, 0.2) is 0 Å². The Morgan fingerprint density at radius 2 is 1.86 bits per heavy atom. The second kappa shape index (κ2) is 10.5. The normalized spacial score (nSPS) is 22.0. The van der Waals surface area contributed by atoms with Crippen LogP contribution < -0.4 is 4.90 Å². The monoisotopic (exact) mass is 512 g/mol. The molecule has 2 aliphatic heterocycles. The Balaban J connectivity index is 1.30. The van der Waals surface area contributed by atoms with Gasteiger partial charge in [0, 0.05) is 19.2 Å². The van der Waals surface area contributed by atoms with Gasteiger partial charge in [-0.25, -0.2) is 22.5 Å². The number of nitrogens with zero attached hydrogens (tertiary/aromatic N) is 2. The van der Waals surface area contributed by atoms with E-state index in [1.165, 1.54) is 13.0 Å². The summed E-state index contributed by atoms with van der Waals surface area (Å²) >= 11 is 0. The van der Waals surface area contributed by atoms with Crippen LogP contribution in [0.3, 0.4) is 0 Å². The van der Waals surface area contributed by atoms with Gasteiger partial charge in [0.05, 0.1) is 30.1 Å². The number of anilines is 1. The number of imide groups is 1. The van der Waals surface area contributed by atoms with Gasteiger partial charge in [-0.2, -0.15) is 0 Å². The lowest BCUT2D eigenvalue weighted by Crippen LogP contribution is -2.42. The largest absolute Gasteiger partial charge is 0.428 e. The number of sulfone groups is 1. The molecule has 3 aliphatic rings. The van der Waals surface area contributed by atoms with E-state index in [1.807, 2.05) is 0 Å². The lowest BCUT2D eigenvalue weighted by Gasteiger charge is -2.24. The van der Waals surface area contributed by atoms with Crippen LogP contribution in [0.2, 0.25) is 0 Å². The molecule has 12 heteroatoms. The number of carbonyl (C=O) groups excluding carboxylic acids is 3. The maximum absolute atomic E-state index is 14.9. The van der Waals surface area contributed by atoms with Crippen LogP contribution in [0.25, 0.3) is 0 Å². The van der Waals surface area contributed by atoms with E-state index in [0.717, 1.165) is 17.7 Å². The second-order valence-corrected chi connectivity index (χ2v) is 11.5. The van der Waals surface area contributed by atoms with Crippen LogP contribution in [0.15, 0.2) is 18.2 Å². The third-order valence-electron chi connectivity index (χ3n) is 6.51. The molecule has 3 fully saturated rings. The van der Waals surface area contributed by atoms with Crippen molar-refractivity contribution >= 4 is 33.5 Å². The first kappa shape index (κ1) is 25.4. The minimum Gasteiger partial charge on any atom is -0.428 e. The summed E-state index contributed by atoms with van der Waals surface area (Å²) in [5.41, 5.74) is 1.09. The number of esters is 1. The first-order chi connectivity index (χ1) is 16.6. The highest BCUT2D eigenvalue weighted by molar-refractivity contribution is 7.91. The Bertz CT molecular complexity index is 1080. The molecule has 1 aromatic rings. The lowest BCUT2D eigenvalue weighted by atomic mass is 9.93. The Labute approximate surface area is 203 Å². The molecule has 1 aromatic carbocycles. The lowest BCUT2D eigenvalue weighted by molar-refractivity contribution is -0.154. The number of hydrogen-bond donors (Lipinski definition) is 0. The Morgan fingerprint density at radius 3 is 2.49 bits per heavy atom. The molecule has 192 valence electrons. The molecule has 1 atom stereocenters. The molecule has 1 aliphatic carbocycles. The first-order valence-electron chi connectivity index (χ1n) is 11.6. The standard InChI is InChI=1S/C23H29FN2O8S/c1-15(27)26(23(29)34-14-33-22(28)17-2-3-17)12-19-11-25(13-32-19)18-4-5-20(21(24)10-18)16-6-8-35(30,31)9-7-16/h4-5,10,16-17,19H,2-3,6-9,11-14H2,1H3/t19-/m1/s1. The first-order valence-corrected chi connectivity index (χ1v) is 13.4. The Hall–Kier alpha value is -2.73. The van der Waals surface area contributed by atoms with Crippen molar-refractivity contribution in [2.24, 2.45) is 5.92 Å². The Morgan fingerprint density at radius 1 is 1.14 bits per heavy atom. The molecule has 0 spiro atoms. The van der Waals surface area contributed by atoms with E-state index in [0.29, 0.717) is 30.6 Å². The predicted molar refractivity (Wildman–Crippen MR) is 122 cm³/mol. The smallest absolute Gasteiger partial charge is 0.419 e. The van der Waals surface area contributed by atoms with Gasteiger partial charge in [0.2, 0.25) is 12.7 Å². The van der Waals surface area contributed by atoms with Crippen LogP contribution in [-0.2, 0) is 33.6 Å². The van der Waals surface area contributed by atoms with Crippen LogP contribution in [0.4, 0.5) is 14.9 Å². The minimum atomic E-state index is -3.03. The summed E-state index contributed by atoms with van der Waals surface area (Å²) in [6, 6.07) is 4.84. The van der Waals surface area contributed by atoms with E-state index in [2.05, 4.69) is 0 Å². The van der Waals surface area contributed by atoms with Gasteiger partial charge in [-0.3, -0.25) is 9.59 Å². The zero-order valence-electron chi connectivity index (χ0n) is 19.5. The number of amides is 2. The Kier molecular flexibility index (Phi) is 7.60. The fourth-order valence-electron chi connectivity index (χ4n) is 4.27. The molecule has 0 bridgehead atoms. The molecule has 0 N–H and O–H groups in total. The molecule has 2 saturated heterocycles. The van der Waals surface area contributed by atoms with Crippen LogP contribution in [0.5, 0.6) is 0 Å². The molecule has 0 unspecified atom stereocenters. The van der Waals surface area contributed by atoms with Crippen molar-refractivity contribution in [1.29, 1.82) is 0 Å². The molecular formula is C23H29FN2O8S. The maximum Gasteiger partial charge on any atom is 0.419 e. The van der Waals surface area contributed by atoms with Gasteiger partial charge in [-0.05, 0) is 49.3 Å². The predicted octanol–water partition coefficient (Wildman–Crippen LogP) is 2.18. The van der Waals surface area contributed by atoms with Gasteiger partial charge >= 0.3 is 12.1 Å². The second-order valence-electron chi connectivity index (χ2n) is 9.17. The van der Waals surface area contributed by atoms with E-state index in [9.17, 15) is 27.2 Å². The molecule has 2 amide bonds. The molecular weight excluding hydrogens is 483 g/mol. The fourth-order valence-corrected chi connectivity index (χ4v) is 5.76. The van der Waals surface area contributed by atoms with Crippen molar-refractivity contribution in [3.05, 3.63) is 29.6 Å². The summed E-state index contributed by atoms with van der Waals surface area (Å²) in [4.78, 5) is 38.5. The molecule has 10 nitrogen and oxygen atoms in total. The van der Waals surface area contributed by atoms with Crippen LogP contribution >= 0.6 is 0 Å². The van der Waals surface area contributed by atoms with E-state index < -0.39 is 46.5 Å². The molecule has 35 heavy (non-hydrogen) atoms. The third-order valence-corrected chi connectivity index (χ3v) is 8.23. The average molecular weight is 513 g/mol. The molecule has 1 saturated carbocycles. The van der Waals surface area contributed by atoms with Crippen molar-refractivity contribution in [3.63, 3.8) is 0 Å². The van der Waals surface area contributed by atoms with Crippen LogP contribution in [0, 0.1) is 11.7 Å². The molecule has 0 aromatic heterocycles. The van der Waals surface area contributed by atoms with E-state index >= 15 is 0 Å². The minimum absolute atomic E-state index is 0.0680. The highest BCUT2D eigenvalue weighted by atomic mass is 32.2. The van der Waals surface area contributed by atoms with Crippen molar-refractivity contribution in [1.82, 2.24) is 4.90 Å². The molecule has 2 heterocycles. The number of benzene rings is 1. The van der Waals surface area contributed by atoms with E-state index in [-0.39, 0.29) is 36.6 Å². The summed E-state index contributed by atoms with van der Waals surface area (Å²) < 4.78 is 53.6. The maximum atomic E-state index is 14.9. The van der Waals surface area contributed by atoms with E-state index in [1.54, 1.807) is 17.0 Å². The van der Waals surface area contributed by atoms with Crippen molar-refractivity contribution < 1.29 is 41.4 Å². The summed E-state index contributed by atoms with van der Waals surface area (Å²) in [6.45, 7) is 1.04. The number of carbonyl (C=O) groups is 3. The zero-order chi connectivity index (χ0) is 25.2. The van der Waals surface area contributed by atoms with Gasteiger partial charge in [-0.1, -0.05) is 6.07 Å². The summed E-state index contributed by atoms with van der Waals surface area (Å²) in [5, 5.41) is 0. The van der Waals surface area contributed by atoms with Gasteiger partial charge in [-0.15, -0.1) is 0 Å². The van der Waals surface area contributed by atoms with Crippen molar-refractivity contribution in [3.8, 4) is 0 Å². The summed E-state index contributed by atoms with van der Waals surface area (Å²) in [6.07, 6.45) is 0.882. The summed E-state index contributed by atoms with van der Waals surface area (Å²) in [5.74, 6) is -1.49. The van der Waals surface area contributed by atoms with Crippen LogP contribution in [0.1, 0.15) is 44.1 Å². The van der Waals surface area contributed by atoms with Gasteiger partial charge in [0.1, 0.15) is 22.4 Å². The number of ether oxygens (including phenoxy) is 3. The highest BCUT2D eigenvalue weighted by Gasteiger charge is 2.33. The van der Waals surface area contributed by atoms with Gasteiger partial charge in [0.25, 0.3) is 0 Å². The molecule has 0 radical (unpaired) electrons. The topological polar surface area (TPSA) is 120 Å². The van der Waals surface area contributed by atoms with Crippen molar-refractivity contribution in [2.45, 2.75) is 44.6 Å². The van der Waals surface area contributed by atoms with E-state index in [4.69, 9.17) is 14.2 Å². The zero-order valence-corrected chi connectivity index (χ0v) is 20.3.